The zero-order valence-electron chi connectivity index (χ0n) is 17.5. The molecule has 0 radical (unpaired) electrons. The van der Waals surface area contributed by atoms with Crippen molar-refractivity contribution in [2.24, 2.45) is 0 Å². The summed E-state index contributed by atoms with van der Waals surface area (Å²) in [5.41, 5.74) is 0.440. The minimum Gasteiger partial charge on any atom is -0.393 e. The molecule has 33 heavy (non-hydrogen) atoms. The summed E-state index contributed by atoms with van der Waals surface area (Å²) in [5.74, 6) is -2.07. The quantitative estimate of drug-likeness (QED) is 0.457. The van der Waals surface area contributed by atoms with Gasteiger partial charge in [0.25, 0.3) is 31.9 Å². The molecule has 0 saturated heterocycles. The van der Waals surface area contributed by atoms with Crippen LogP contribution in [0.15, 0.2) is 58.3 Å². The van der Waals surface area contributed by atoms with Gasteiger partial charge < -0.3 is 4.74 Å². The van der Waals surface area contributed by atoms with Gasteiger partial charge in [-0.1, -0.05) is 31.2 Å². The molecule has 2 aromatic rings. The van der Waals surface area contributed by atoms with Crippen LogP contribution >= 0.6 is 0 Å². The first kappa shape index (κ1) is 25.7. The van der Waals surface area contributed by atoms with E-state index in [1.807, 2.05) is 16.4 Å². The summed E-state index contributed by atoms with van der Waals surface area (Å²) < 4.78 is 52.5. The highest BCUT2D eigenvalue weighted by Gasteiger charge is 2.32. The molecule has 2 aliphatic rings. The Balaban J connectivity index is 0.000000178. The van der Waals surface area contributed by atoms with E-state index in [-0.39, 0.29) is 20.9 Å². The minimum absolute atomic E-state index is 0.0648. The molecule has 0 unspecified atom stereocenters. The van der Waals surface area contributed by atoms with Gasteiger partial charge in [0, 0.05) is 13.3 Å². The lowest BCUT2D eigenvalue weighted by atomic mass is 10.2. The number of hydrogen-bond acceptors (Lipinski definition) is 9. The molecule has 0 spiro atoms. The molecular formula is C20H20N2O9S2. The number of rotatable bonds is 2. The molecule has 0 aliphatic carbocycles. The number of carbonyl (C=O) groups is 4. The van der Waals surface area contributed by atoms with Crippen molar-refractivity contribution in [3.8, 4) is 0 Å². The van der Waals surface area contributed by atoms with Crippen LogP contribution in [0.1, 0.15) is 47.4 Å². The zero-order valence-corrected chi connectivity index (χ0v) is 19.2. The van der Waals surface area contributed by atoms with Gasteiger partial charge in [0.15, 0.2) is 0 Å². The van der Waals surface area contributed by atoms with Gasteiger partial charge in [-0.05, 0) is 30.7 Å². The van der Waals surface area contributed by atoms with Crippen molar-refractivity contribution in [3.63, 3.8) is 0 Å². The monoisotopic (exact) mass is 496 g/mol. The minimum atomic E-state index is -3.55. The molecule has 2 aliphatic heterocycles. The molecule has 4 rings (SSSR count). The van der Waals surface area contributed by atoms with Gasteiger partial charge in [0.1, 0.15) is 9.79 Å². The Hall–Kier alpha value is -3.58. The SMILES string of the molecule is CCCC(=O)OC(C)=O.O=C1NS(=O)(=O)c2ccccc21.O=C1NS(=O)(=O)c2ccccc21. The van der Waals surface area contributed by atoms with E-state index >= 15 is 0 Å². The maximum absolute atomic E-state index is 11.1. The van der Waals surface area contributed by atoms with Gasteiger partial charge >= 0.3 is 11.9 Å². The number of sulfonamides is 2. The molecule has 0 saturated carbocycles. The van der Waals surface area contributed by atoms with E-state index in [0.717, 1.165) is 0 Å². The van der Waals surface area contributed by atoms with E-state index in [1.165, 1.54) is 31.2 Å². The van der Waals surface area contributed by atoms with Crippen LogP contribution < -0.4 is 9.44 Å². The van der Waals surface area contributed by atoms with Gasteiger partial charge in [-0.25, -0.2) is 26.3 Å². The summed E-state index contributed by atoms with van der Waals surface area (Å²) in [6, 6.07) is 12.2. The van der Waals surface area contributed by atoms with Crippen LogP contribution in [0.5, 0.6) is 0 Å². The van der Waals surface area contributed by atoms with Crippen LogP contribution in [0.3, 0.4) is 0 Å². The van der Waals surface area contributed by atoms with Gasteiger partial charge in [-0.2, -0.15) is 0 Å². The number of esters is 2. The average Bonchev–Trinajstić information content (AvgIpc) is 3.11. The van der Waals surface area contributed by atoms with Crippen molar-refractivity contribution in [2.75, 3.05) is 0 Å². The summed E-state index contributed by atoms with van der Waals surface area (Å²) in [6.45, 7) is 3.06. The molecule has 2 N–H and O–H groups in total. The first-order valence-electron chi connectivity index (χ1n) is 9.42. The molecule has 2 aromatic carbocycles. The second-order valence-corrected chi connectivity index (χ2v) is 9.88. The molecule has 11 nitrogen and oxygen atoms in total. The van der Waals surface area contributed by atoms with Crippen molar-refractivity contribution in [3.05, 3.63) is 59.7 Å². The van der Waals surface area contributed by atoms with Crippen molar-refractivity contribution in [2.45, 2.75) is 36.5 Å². The zero-order chi connectivity index (χ0) is 24.8. The molecule has 2 amide bonds. The number of amides is 2. The maximum Gasteiger partial charge on any atom is 0.313 e. The van der Waals surface area contributed by atoms with Gasteiger partial charge in [0.05, 0.1) is 11.1 Å². The molecule has 0 bridgehead atoms. The van der Waals surface area contributed by atoms with Crippen molar-refractivity contribution in [1.29, 1.82) is 0 Å². The fourth-order valence-corrected chi connectivity index (χ4v) is 5.00. The highest BCUT2D eigenvalue weighted by Crippen LogP contribution is 2.21. The molecular weight excluding hydrogens is 476 g/mol. The van der Waals surface area contributed by atoms with Crippen LogP contribution in [-0.4, -0.2) is 40.6 Å². The molecule has 0 fully saturated rings. The Morgan fingerprint density at radius 2 is 1.18 bits per heavy atom. The molecule has 0 aromatic heterocycles. The molecule has 0 atom stereocenters. The van der Waals surface area contributed by atoms with E-state index in [9.17, 15) is 36.0 Å². The third kappa shape index (κ3) is 6.46. The first-order chi connectivity index (χ1) is 15.4. The molecule has 13 heteroatoms. The van der Waals surface area contributed by atoms with Gasteiger partial charge in [-0.15, -0.1) is 0 Å². The molecule has 176 valence electrons. The average molecular weight is 497 g/mol. The Kier molecular flexibility index (Phi) is 8.06. The Morgan fingerprint density at radius 3 is 1.52 bits per heavy atom. The third-order valence-electron chi connectivity index (χ3n) is 4.01. The van der Waals surface area contributed by atoms with Crippen LogP contribution in [0.4, 0.5) is 0 Å². The maximum atomic E-state index is 11.1. The standard InChI is InChI=1S/2C7H5NO3S.C6H10O3/c2*9-7-5-3-1-2-4-6(5)12(10,11)8-7;1-3-4-6(8)9-5(2)7/h2*1-4H,(H,8,9);3-4H2,1-2H3. The van der Waals surface area contributed by atoms with Crippen LogP contribution in [-0.2, 0) is 34.4 Å². The predicted octanol–water partition coefficient (Wildman–Crippen LogP) is 1.11. The first-order valence-corrected chi connectivity index (χ1v) is 12.4. The van der Waals surface area contributed by atoms with E-state index in [1.54, 1.807) is 24.3 Å². The third-order valence-corrected chi connectivity index (χ3v) is 6.79. The lowest BCUT2D eigenvalue weighted by Crippen LogP contribution is -2.20. The summed E-state index contributed by atoms with van der Waals surface area (Å²) in [6.07, 6.45) is 1.03. The van der Waals surface area contributed by atoms with Crippen LogP contribution in [0, 0.1) is 0 Å². The normalized spacial score (nSPS) is 15.8. The van der Waals surface area contributed by atoms with Crippen LogP contribution in [0.2, 0.25) is 0 Å². The van der Waals surface area contributed by atoms with E-state index in [2.05, 4.69) is 4.74 Å². The van der Waals surface area contributed by atoms with Crippen molar-refractivity contribution in [1.82, 2.24) is 9.44 Å². The molecule has 2 heterocycles. The van der Waals surface area contributed by atoms with E-state index in [0.29, 0.717) is 12.8 Å². The summed E-state index contributed by atoms with van der Waals surface area (Å²) >= 11 is 0. The lowest BCUT2D eigenvalue weighted by molar-refractivity contribution is -0.158. The highest BCUT2D eigenvalue weighted by molar-refractivity contribution is 7.91. The van der Waals surface area contributed by atoms with Gasteiger partial charge in [0.2, 0.25) is 0 Å². The van der Waals surface area contributed by atoms with E-state index in [4.69, 9.17) is 0 Å². The fraction of sp³-hybridized carbons (Fsp3) is 0.200. The number of hydrogen-bond donors (Lipinski definition) is 2. The van der Waals surface area contributed by atoms with Crippen LogP contribution in [0.25, 0.3) is 0 Å². The number of benzene rings is 2. The Bertz CT molecular complexity index is 1230. The van der Waals surface area contributed by atoms with E-state index < -0.39 is 43.8 Å². The number of fused-ring (bicyclic) bond motifs is 2. The smallest absolute Gasteiger partial charge is 0.313 e. The van der Waals surface area contributed by atoms with Crippen molar-refractivity contribution >= 4 is 43.8 Å². The summed E-state index contributed by atoms with van der Waals surface area (Å²) in [4.78, 5) is 42.6. The highest BCUT2D eigenvalue weighted by atomic mass is 32.2. The second-order valence-electron chi connectivity index (χ2n) is 6.58. The Labute approximate surface area is 190 Å². The topological polar surface area (TPSA) is 170 Å². The fourth-order valence-electron chi connectivity index (χ4n) is 2.66. The van der Waals surface area contributed by atoms with Crippen molar-refractivity contribution < 1.29 is 40.8 Å². The number of carbonyl (C=O) groups excluding carboxylic acids is 4. The summed E-state index contributed by atoms with van der Waals surface area (Å²) in [5, 5.41) is 0. The largest absolute Gasteiger partial charge is 0.393 e. The summed E-state index contributed by atoms with van der Waals surface area (Å²) in [7, 11) is -7.11. The predicted molar refractivity (Wildman–Crippen MR) is 114 cm³/mol. The number of nitrogens with one attached hydrogen (secondary N) is 2. The lowest BCUT2D eigenvalue weighted by Gasteiger charge is -1.94. The Morgan fingerprint density at radius 1 is 0.788 bits per heavy atom. The van der Waals surface area contributed by atoms with Gasteiger partial charge in [-0.3, -0.25) is 19.2 Å². The number of ether oxygens (including phenoxy) is 1. The second kappa shape index (κ2) is 10.4.